The molecule has 21 heavy (non-hydrogen) atoms. The van der Waals surface area contributed by atoms with Crippen LogP contribution in [0, 0.1) is 0 Å². The van der Waals surface area contributed by atoms with Crippen LogP contribution in [0.15, 0.2) is 48.5 Å². The molecule has 0 radical (unpaired) electrons. The van der Waals surface area contributed by atoms with Gasteiger partial charge in [0.15, 0.2) is 0 Å². The highest BCUT2D eigenvalue weighted by molar-refractivity contribution is 5.97. The largest absolute Gasteiger partial charge is 0.497 e. The Bertz CT molecular complexity index is 608. The van der Waals surface area contributed by atoms with Crippen LogP contribution in [0.2, 0.25) is 0 Å². The molecule has 2 aromatic carbocycles. The fourth-order valence-electron chi connectivity index (χ4n) is 2.08. The smallest absolute Gasteiger partial charge is 0.255 e. The molecule has 1 N–H and O–H groups in total. The second kappa shape index (κ2) is 6.79. The predicted octanol–water partition coefficient (Wildman–Crippen LogP) is 3.19. The van der Waals surface area contributed by atoms with Crippen LogP contribution >= 0.6 is 0 Å². The van der Waals surface area contributed by atoms with Gasteiger partial charge in [0.05, 0.1) is 25.8 Å². The van der Waals surface area contributed by atoms with Crippen LogP contribution in [-0.2, 0) is 0 Å². The van der Waals surface area contributed by atoms with Gasteiger partial charge in [0.2, 0.25) is 0 Å². The van der Waals surface area contributed by atoms with Crippen molar-refractivity contribution in [2.45, 2.75) is 13.0 Å². The zero-order valence-corrected chi connectivity index (χ0v) is 12.4. The lowest BCUT2D eigenvalue weighted by Gasteiger charge is -2.16. The van der Waals surface area contributed by atoms with E-state index in [4.69, 9.17) is 9.47 Å². The van der Waals surface area contributed by atoms with E-state index in [9.17, 15) is 4.79 Å². The first-order valence-electron chi connectivity index (χ1n) is 6.73. The van der Waals surface area contributed by atoms with Crippen molar-refractivity contribution in [3.63, 3.8) is 0 Å². The lowest BCUT2D eigenvalue weighted by molar-refractivity contribution is 0.0937. The highest BCUT2D eigenvalue weighted by atomic mass is 16.5. The molecule has 2 aromatic rings. The van der Waals surface area contributed by atoms with E-state index in [1.165, 1.54) is 0 Å². The quantitative estimate of drug-likeness (QED) is 0.917. The predicted molar refractivity (Wildman–Crippen MR) is 81.9 cm³/mol. The molecule has 0 aliphatic rings. The van der Waals surface area contributed by atoms with Crippen molar-refractivity contribution >= 4 is 5.91 Å². The van der Waals surface area contributed by atoms with Gasteiger partial charge in [0.25, 0.3) is 5.91 Å². The molecule has 0 bridgehead atoms. The van der Waals surface area contributed by atoms with Crippen molar-refractivity contribution in [3.05, 3.63) is 59.7 Å². The molecule has 0 unspecified atom stereocenters. The molecule has 0 aliphatic heterocycles. The van der Waals surface area contributed by atoms with Crippen molar-refractivity contribution in [2.24, 2.45) is 0 Å². The number of carbonyl (C=O) groups excluding carboxylic acids is 1. The highest BCUT2D eigenvalue weighted by Crippen LogP contribution is 2.20. The Morgan fingerprint density at radius 3 is 2.29 bits per heavy atom. The third-order valence-electron chi connectivity index (χ3n) is 3.32. The molecule has 1 atom stereocenters. The van der Waals surface area contributed by atoms with Gasteiger partial charge in [-0.1, -0.05) is 24.3 Å². The monoisotopic (exact) mass is 285 g/mol. The van der Waals surface area contributed by atoms with Crippen LogP contribution < -0.4 is 14.8 Å². The minimum atomic E-state index is -0.157. The summed E-state index contributed by atoms with van der Waals surface area (Å²) < 4.78 is 10.3. The topological polar surface area (TPSA) is 47.6 Å². The highest BCUT2D eigenvalue weighted by Gasteiger charge is 2.14. The maximum absolute atomic E-state index is 12.3. The molecule has 0 saturated heterocycles. The first kappa shape index (κ1) is 14.9. The maximum atomic E-state index is 12.3. The summed E-state index contributed by atoms with van der Waals surface area (Å²) in [6.45, 7) is 1.94. The molecule has 1 amide bonds. The second-order valence-electron chi connectivity index (χ2n) is 4.67. The first-order valence-corrected chi connectivity index (χ1v) is 6.73. The van der Waals surface area contributed by atoms with Crippen LogP contribution in [-0.4, -0.2) is 20.1 Å². The third-order valence-corrected chi connectivity index (χ3v) is 3.32. The van der Waals surface area contributed by atoms with Gasteiger partial charge in [-0.05, 0) is 36.8 Å². The third kappa shape index (κ3) is 3.54. The molecule has 110 valence electrons. The van der Waals surface area contributed by atoms with Crippen molar-refractivity contribution in [1.82, 2.24) is 5.32 Å². The summed E-state index contributed by atoms with van der Waals surface area (Å²) in [7, 11) is 3.18. The van der Waals surface area contributed by atoms with E-state index in [-0.39, 0.29) is 11.9 Å². The number of methoxy groups -OCH3 is 2. The fraction of sp³-hybridized carbons (Fsp3) is 0.235. The minimum Gasteiger partial charge on any atom is -0.497 e. The molecular weight excluding hydrogens is 266 g/mol. The normalized spacial score (nSPS) is 11.6. The van der Waals surface area contributed by atoms with Crippen LogP contribution in [0.1, 0.15) is 28.9 Å². The van der Waals surface area contributed by atoms with Gasteiger partial charge in [-0.25, -0.2) is 0 Å². The lowest BCUT2D eigenvalue weighted by atomic mass is 10.1. The van der Waals surface area contributed by atoms with Gasteiger partial charge in [-0.15, -0.1) is 0 Å². The second-order valence-corrected chi connectivity index (χ2v) is 4.67. The van der Waals surface area contributed by atoms with Gasteiger partial charge >= 0.3 is 0 Å². The summed E-state index contributed by atoms with van der Waals surface area (Å²) in [6, 6.07) is 14.7. The molecular formula is C17H19NO3. The minimum absolute atomic E-state index is 0.103. The summed E-state index contributed by atoms with van der Waals surface area (Å²) in [6.07, 6.45) is 0. The van der Waals surface area contributed by atoms with E-state index < -0.39 is 0 Å². The number of hydrogen-bond acceptors (Lipinski definition) is 3. The Labute approximate surface area is 124 Å². The summed E-state index contributed by atoms with van der Waals surface area (Å²) in [5, 5.41) is 2.96. The Kier molecular flexibility index (Phi) is 4.82. The number of para-hydroxylation sites is 1. The number of benzene rings is 2. The average molecular weight is 285 g/mol. The molecule has 4 heteroatoms. The average Bonchev–Trinajstić information content (AvgIpc) is 2.54. The Morgan fingerprint density at radius 2 is 1.67 bits per heavy atom. The van der Waals surface area contributed by atoms with Crippen LogP contribution in [0.25, 0.3) is 0 Å². The van der Waals surface area contributed by atoms with Crippen molar-refractivity contribution in [3.8, 4) is 11.5 Å². The zero-order valence-electron chi connectivity index (χ0n) is 12.4. The Balaban J connectivity index is 2.11. The Morgan fingerprint density at radius 1 is 1.00 bits per heavy atom. The van der Waals surface area contributed by atoms with Crippen LogP contribution in [0.4, 0.5) is 0 Å². The van der Waals surface area contributed by atoms with E-state index in [2.05, 4.69) is 5.32 Å². The number of hydrogen-bond donors (Lipinski definition) is 1. The van der Waals surface area contributed by atoms with E-state index in [0.29, 0.717) is 11.3 Å². The van der Waals surface area contributed by atoms with Gasteiger partial charge in [-0.2, -0.15) is 0 Å². The molecule has 0 saturated carbocycles. The fourth-order valence-corrected chi connectivity index (χ4v) is 2.08. The van der Waals surface area contributed by atoms with E-state index >= 15 is 0 Å². The number of amides is 1. The standard InChI is InChI=1S/C17H19NO3/c1-12(13-8-10-14(20-2)11-9-13)18-17(19)15-6-4-5-7-16(15)21-3/h4-12H,1-3H3,(H,18,19)/t12-/m1/s1. The summed E-state index contributed by atoms with van der Waals surface area (Å²) in [5.74, 6) is 1.20. The van der Waals surface area contributed by atoms with Crippen LogP contribution in [0.3, 0.4) is 0 Å². The lowest BCUT2D eigenvalue weighted by Crippen LogP contribution is -2.27. The summed E-state index contributed by atoms with van der Waals surface area (Å²) in [4.78, 5) is 12.3. The number of nitrogens with one attached hydrogen (secondary N) is 1. The van der Waals surface area contributed by atoms with Gasteiger partial charge < -0.3 is 14.8 Å². The van der Waals surface area contributed by atoms with Gasteiger partial charge in [0, 0.05) is 0 Å². The Hall–Kier alpha value is -2.49. The van der Waals surface area contributed by atoms with Crippen LogP contribution in [0.5, 0.6) is 11.5 Å². The zero-order chi connectivity index (χ0) is 15.2. The van der Waals surface area contributed by atoms with E-state index in [1.807, 2.05) is 43.3 Å². The van der Waals surface area contributed by atoms with Crippen molar-refractivity contribution in [2.75, 3.05) is 14.2 Å². The maximum Gasteiger partial charge on any atom is 0.255 e. The molecule has 0 aromatic heterocycles. The molecule has 0 spiro atoms. The number of carbonyl (C=O) groups is 1. The molecule has 4 nitrogen and oxygen atoms in total. The van der Waals surface area contributed by atoms with E-state index in [1.54, 1.807) is 26.4 Å². The van der Waals surface area contributed by atoms with Crippen molar-refractivity contribution in [1.29, 1.82) is 0 Å². The summed E-state index contributed by atoms with van der Waals surface area (Å²) >= 11 is 0. The van der Waals surface area contributed by atoms with Gasteiger partial charge in [-0.3, -0.25) is 4.79 Å². The summed E-state index contributed by atoms with van der Waals surface area (Å²) in [5.41, 5.74) is 1.54. The molecule has 2 rings (SSSR count). The molecule has 0 fully saturated rings. The number of rotatable bonds is 5. The molecule has 0 aliphatic carbocycles. The van der Waals surface area contributed by atoms with Crippen molar-refractivity contribution < 1.29 is 14.3 Å². The SMILES string of the molecule is COc1ccc([C@@H](C)NC(=O)c2ccccc2OC)cc1. The molecule has 0 heterocycles. The first-order chi connectivity index (χ1) is 10.2. The van der Waals surface area contributed by atoms with Gasteiger partial charge in [0.1, 0.15) is 11.5 Å². The van der Waals surface area contributed by atoms with E-state index in [0.717, 1.165) is 11.3 Å². The number of ether oxygens (including phenoxy) is 2.